The molecule has 3 atom stereocenters. The Hall–Kier alpha value is -3.18. The average Bonchev–Trinajstić information content (AvgIpc) is 3.09. The van der Waals surface area contributed by atoms with Crippen molar-refractivity contribution in [2.75, 3.05) is 0 Å². The summed E-state index contributed by atoms with van der Waals surface area (Å²) in [5.41, 5.74) is 0. The number of hydrogen-bond acceptors (Lipinski definition) is 3. The maximum atomic E-state index is 9.87. The molecular weight excluding hydrogens is 588 g/mol. The SMILES string of the molecule is C#C[C@@H](O)/C=C/CCCCCCC#C[C@H](O)C#C/C=C/CC/C=C\CCCC/C=C\CCCCCCCCCCCC/C=C/[C@@H](O)C#C. The topological polar surface area (TPSA) is 60.7 Å². The Morgan fingerprint density at radius 2 is 0.792 bits per heavy atom. The monoisotopic (exact) mass is 655 g/mol. The molecule has 0 saturated heterocycles. The third kappa shape index (κ3) is 37.3. The van der Waals surface area contributed by atoms with E-state index in [0.717, 1.165) is 64.2 Å². The van der Waals surface area contributed by atoms with Gasteiger partial charge in [0.2, 0.25) is 0 Å². The van der Waals surface area contributed by atoms with Crippen LogP contribution in [0.2, 0.25) is 0 Å². The Balaban J connectivity index is 3.49. The fourth-order valence-corrected chi connectivity index (χ4v) is 4.99. The normalized spacial score (nSPS) is 13.4. The molecule has 48 heavy (non-hydrogen) atoms. The Morgan fingerprint density at radius 3 is 1.27 bits per heavy atom. The van der Waals surface area contributed by atoms with Gasteiger partial charge in [0.15, 0.2) is 6.10 Å². The molecule has 0 spiro atoms. The third-order valence-corrected chi connectivity index (χ3v) is 7.88. The number of aliphatic hydroxyl groups excluding tert-OH is 3. The molecule has 0 saturated carbocycles. The van der Waals surface area contributed by atoms with Crippen LogP contribution in [0.1, 0.15) is 154 Å². The summed E-state index contributed by atoms with van der Waals surface area (Å²) in [6, 6.07) is 0. The van der Waals surface area contributed by atoms with Crippen LogP contribution in [-0.2, 0) is 0 Å². The first-order chi connectivity index (χ1) is 23.6. The van der Waals surface area contributed by atoms with Gasteiger partial charge in [0.1, 0.15) is 12.2 Å². The van der Waals surface area contributed by atoms with Crippen LogP contribution in [0.25, 0.3) is 0 Å². The summed E-state index contributed by atoms with van der Waals surface area (Å²) in [5.74, 6) is 16.0. The molecule has 0 aliphatic heterocycles. The predicted molar refractivity (Wildman–Crippen MR) is 208 cm³/mol. The van der Waals surface area contributed by atoms with Crippen molar-refractivity contribution in [1.29, 1.82) is 0 Å². The van der Waals surface area contributed by atoms with E-state index in [2.05, 4.69) is 59.8 Å². The van der Waals surface area contributed by atoms with Crippen LogP contribution >= 0.6 is 0 Å². The molecule has 0 aromatic carbocycles. The van der Waals surface area contributed by atoms with Crippen molar-refractivity contribution in [3.05, 3.63) is 60.8 Å². The molecule has 0 aliphatic carbocycles. The minimum absolute atomic E-state index is 0.727. The molecule has 0 radical (unpaired) electrons. The zero-order valence-corrected chi connectivity index (χ0v) is 30.0. The van der Waals surface area contributed by atoms with E-state index in [9.17, 15) is 15.3 Å². The van der Waals surface area contributed by atoms with E-state index in [1.165, 1.54) is 89.9 Å². The zero-order valence-electron chi connectivity index (χ0n) is 30.0. The molecule has 0 heterocycles. The lowest BCUT2D eigenvalue weighted by molar-refractivity contribution is 0.280. The molecule has 0 rings (SSSR count). The highest BCUT2D eigenvalue weighted by Crippen LogP contribution is 2.13. The summed E-state index contributed by atoms with van der Waals surface area (Å²) in [6.07, 6.45) is 56.6. The van der Waals surface area contributed by atoms with Gasteiger partial charge in [0.05, 0.1) is 0 Å². The van der Waals surface area contributed by atoms with Crippen molar-refractivity contribution < 1.29 is 15.3 Å². The fourth-order valence-electron chi connectivity index (χ4n) is 4.99. The third-order valence-electron chi connectivity index (χ3n) is 7.88. The molecule has 264 valence electrons. The van der Waals surface area contributed by atoms with Crippen molar-refractivity contribution in [3.8, 4) is 48.4 Å². The lowest BCUT2D eigenvalue weighted by Crippen LogP contribution is -1.97. The van der Waals surface area contributed by atoms with Crippen LogP contribution in [-0.4, -0.2) is 33.6 Å². The smallest absolute Gasteiger partial charge is 0.176 e. The Kier molecular flexibility index (Phi) is 35.7. The Morgan fingerprint density at radius 1 is 0.417 bits per heavy atom. The van der Waals surface area contributed by atoms with Crippen LogP contribution in [0, 0.1) is 48.4 Å². The quantitative estimate of drug-likeness (QED) is 0.0427. The van der Waals surface area contributed by atoms with Crippen molar-refractivity contribution >= 4 is 0 Å². The van der Waals surface area contributed by atoms with Crippen LogP contribution in [0.5, 0.6) is 0 Å². The number of unbranched alkanes of at least 4 members (excludes halogenated alkanes) is 20. The Labute approximate surface area is 296 Å². The minimum Gasteiger partial charge on any atom is -0.377 e. The van der Waals surface area contributed by atoms with E-state index in [1.807, 2.05) is 24.3 Å². The second-order valence-corrected chi connectivity index (χ2v) is 12.4. The molecule has 0 aromatic heterocycles. The Bertz CT molecular complexity index is 1090. The summed E-state index contributed by atoms with van der Waals surface area (Å²) in [7, 11) is 0. The first kappa shape index (κ1) is 44.8. The van der Waals surface area contributed by atoms with Gasteiger partial charge in [-0.25, -0.2) is 0 Å². The second-order valence-electron chi connectivity index (χ2n) is 12.4. The minimum atomic E-state index is -0.888. The summed E-state index contributed by atoms with van der Waals surface area (Å²) >= 11 is 0. The summed E-state index contributed by atoms with van der Waals surface area (Å²) in [4.78, 5) is 0. The molecular formula is C45H66O3. The van der Waals surface area contributed by atoms with Gasteiger partial charge in [-0.05, 0) is 102 Å². The maximum absolute atomic E-state index is 9.87. The van der Waals surface area contributed by atoms with E-state index in [-0.39, 0.29) is 0 Å². The molecule has 0 unspecified atom stereocenters. The number of hydrogen-bond donors (Lipinski definition) is 3. The lowest BCUT2D eigenvalue weighted by atomic mass is 10.0. The molecule has 3 heteroatoms. The first-order valence-electron chi connectivity index (χ1n) is 18.8. The van der Waals surface area contributed by atoms with E-state index >= 15 is 0 Å². The van der Waals surface area contributed by atoms with Crippen LogP contribution in [0.3, 0.4) is 0 Å². The lowest BCUT2D eigenvalue weighted by Gasteiger charge is -2.02. The standard InChI is InChI=1S/C45H66O3/c1-3-43(46)39-35-31-27-23-21-19-17-15-13-11-9-7-5-6-8-10-12-14-16-18-20-22-24-29-33-37-41-45(48)42-38-34-30-26-25-28-32-36-40-44(47)4-2/h1-2,6,8,18,20,29,33,35-36,39-40,43-48H,5,7,9-17,19,21-28,30-32,34H2/b8-6-,20-18-,33-29+,39-35+,40-36+/t43-,44+,45+/m0/s1. The predicted octanol–water partition coefficient (Wildman–Crippen LogP) is 10.5. The molecule has 0 aromatic rings. The molecule has 0 bridgehead atoms. The highest BCUT2D eigenvalue weighted by molar-refractivity contribution is 5.24. The molecule has 0 aliphatic rings. The van der Waals surface area contributed by atoms with E-state index in [0.29, 0.717) is 0 Å². The van der Waals surface area contributed by atoms with Gasteiger partial charge in [-0.3, -0.25) is 0 Å². The summed E-state index contributed by atoms with van der Waals surface area (Å²) in [6.45, 7) is 0. The highest BCUT2D eigenvalue weighted by Gasteiger charge is 1.95. The molecule has 0 fully saturated rings. The number of terminal acetylenes is 2. The van der Waals surface area contributed by atoms with Gasteiger partial charge in [-0.2, -0.15) is 0 Å². The van der Waals surface area contributed by atoms with Gasteiger partial charge < -0.3 is 15.3 Å². The van der Waals surface area contributed by atoms with Gasteiger partial charge in [0.25, 0.3) is 0 Å². The van der Waals surface area contributed by atoms with Crippen LogP contribution in [0.4, 0.5) is 0 Å². The van der Waals surface area contributed by atoms with E-state index in [1.54, 1.807) is 12.2 Å². The van der Waals surface area contributed by atoms with Gasteiger partial charge in [-0.1, -0.05) is 142 Å². The van der Waals surface area contributed by atoms with E-state index in [4.69, 9.17) is 12.8 Å². The molecule has 3 nitrogen and oxygen atoms in total. The molecule has 0 amide bonds. The number of rotatable bonds is 29. The number of aliphatic hydroxyl groups is 3. The van der Waals surface area contributed by atoms with Crippen molar-refractivity contribution in [1.82, 2.24) is 0 Å². The first-order valence-corrected chi connectivity index (χ1v) is 18.8. The van der Waals surface area contributed by atoms with Crippen LogP contribution < -0.4 is 0 Å². The molecule has 3 N–H and O–H groups in total. The summed E-state index contributed by atoms with van der Waals surface area (Å²) < 4.78 is 0. The maximum Gasteiger partial charge on any atom is 0.176 e. The average molecular weight is 655 g/mol. The number of allylic oxidation sites excluding steroid dienone is 8. The van der Waals surface area contributed by atoms with Crippen molar-refractivity contribution in [2.24, 2.45) is 0 Å². The van der Waals surface area contributed by atoms with Gasteiger partial charge in [0, 0.05) is 6.42 Å². The highest BCUT2D eigenvalue weighted by atomic mass is 16.3. The largest absolute Gasteiger partial charge is 0.377 e. The zero-order chi connectivity index (χ0) is 35.0. The van der Waals surface area contributed by atoms with Crippen LogP contribution in [0.15, 0.2) is 60.8 Å². The summed E-state index contributed by atoms with van der Waals surface area (Å²) in [5, 5.41) is 28.4. The van der Waals surface area contributed by atoms with Crippen molar-refractivity contribution in [3.63, 3.8) is 0 Å². The fraction of sp³-hybridized carbons (Fsp3) is 0.600. The van der Waals surface area contributed by atoms with Gasteiger partial charge in [-0.15, -0.1) is 12.8 Å². The van der Waals surface area contributed by atoms with E-state index < -0.39 is 18.3 Å². The van der Waals surface area contributed by atoms with Crippen molar-refractivity contribution in [2.45, 2.75) is 172 Å². The van der Waals surface area contributed by atoms with Gasteiger partial charge >= 0.3 is 0 Å². The second kappa shape index (κ2) is 38.3.